The Bertz CT molecular complexity index is 467. The van der Waals surface area contributed by atoms with E-state index in [0.717, 1.165) is 15.8 Å². The fourth-order valence-electron chi connectivity index (χ4n) is 1.33. The number of para-hydroxylation sites is 1. The zero-order chi connectivity index (χ0) is 10.8. The van der Waals surface area contributed by atoms with Crippen molar-refractivity contribution in [3.05, 3.63) is 23.8 Å². The summed E-state index contributed by atoms with van der Waals surface area (Å²) in [5, 5.41) is 3.17. The molecule has 2 aromatic rings. The van der Waals surface area contributed by atoms with Gasteiger partial charge in [0.05, 0.1) is 16.8 Å². The standard InChI is InChI=1S/C10H10F2N2S/c1-6-3-2-4-7-9(6)14-10(15-7)13-5-8(11)12/h2-4,8H,5H2,1H3,(H,13,14). The molecule has 0 atom stereocenters. The van der Waals surface area contributed by atoms with Crippen LogP contribution in [-0.4, -0.2) is 18.0 Å². The summed E-state index contributed by atoms with van der Waals surface area (Å²) in [6, 6.07) is 5.83. The highest BCUT2D eigenvalue weighted by atomic mass is 32.1. The van der Waals surface area contributed by atoms with Crippen LogP contribution in [0.4, 0.5) is 13.9 Å². The van der Waals surface area contributed by atoms with E-state index in [2.05, 4.69) is 10.3 Å². The Morgan fingerprint density at radius 2 is 2.27 bits per heavy atom. The third-order valence-electron chi connectivity index (χ3n) is 2.03. The smallest absolute Gasteiger partial charge is 0.255 e. The van der Waals surface area contributed by atoms with Crippen molar-refractivity contribution in [3.63, 3.8) is 0 Å². The number of benzene rings is 1. The molecule has 5 heteroatoms. The number of thiazole rings is 1. The van der Waals surface area contributed by atoms with E-state index < -0.39 is 6.43 Å². The summed E-state index contributed by atoms with van der Waals surface area (Å²) in [4.78, 5) is 4.26. The van der Waals surface area contributed by atoms with Crippen molar-refractivity contribution < 1.29 is 8.78 Å². The first-order valence-electron chi connectivity index (χ1n) is 4.55. The van der Waals surface area contributed by atoms with E-state index in [0.29, 0.717) is 5.13 Å². The van der Waals surface area contributed by atoms with Gasteiger partial charge in [-0.1, -0.05) is 23.5 Å². The van der Waals surface area contributed by atoms with E-state index >= 15 is 0 Å². The number of halogens is 2. The molecule has 0 fully saturated rings. The first-order chi connectivity index (χ1) is 7.16. The second kappa shape index (κ2) is 4.10. The summed E-state index contributed by atoms with van der Waals surface area (Å²) < 4.78 is 25.0. The molecule has 1 aromatic carbocycles. The lowest BCUT2D eigenvalue weighted by molar-refractivity contribution is 0.163. The molecule has 0 amide bonds. The lowest BCUT2D eigenvalue weighted by atomic mass is 10.2. The highest BCUT2D eigenvalue weighted by molar-refractivity contribution is 7.22. The monoisotopic (exact) mass is 228 g/mol. The van der Waals surface area contributed by atoms with Crippen LogP contribution in [0.3, 0.4) is 0 Å². The number of rotatable bonds is 3. The Kier molecular flexibility index (Phi) is 2.81. The van der Waals surface area contributed by atoms with Crippen molar-refractivity contribution >= 4 is 26.7 Å². The summed E-state index contributed by atoms with van der Waals surface area (Å²) >= 11 is 1.40. The van der Waals surface area contributed by atoms with Crippen molar-refractivity contribution in [2.45, 2.75) is 13.3 Å². The van der Waals surface area contributed by atoms with Crippen LogP contribution < -0.4 is 5.32 Å². The molecule has 2 nitrogen and oxygen atoms in total. The molecular formula is C10H10F2N2S. The summed E-state index contributed by atoms with van der Waals surface area (Å²) in [6.07, 6.45) is -2.35. The lowest BCUT2D eigenvalue weighted by Gasteiger charge is -1.98. The number of nitrogens with zero attached hydrogens (tertiary/aromatic N) is 1. The number of fused-ring (bicyclic) bond motifs is 1. The minimum atomic E-state index is -2.35. The van der Waals surface area contributed by atoms with E-state index in [1.54, 1.807) is 0 Å². The van der Waals surface area contributed by atoms with Crippen molar-refractivity contribution in [1.29, 1.82) is 0 Å². The molecule has 0 aliphatic carbocycles. The molecule has 15 heavy (non-hydrogen) atoms. The number of hydrogen-bond acceptors (Lipinski definition) is 3. The first-order valence-corrected chi connectivity index (χ1v) is 5.36. The molecule has 2 rings (SSSR count). The van der Waals surface area contributed by atoms with Gasteiger partial charge in [0.25, 0.3) is 6.43 Å². The molecule has 80 valence electrons. The first kappa shape index (κ1) is 10.3. The summed E-state index contributed by atoms with van der Waals surface area (Å²) in [7, 11) is 0. The zero-order valence-corrected chi connectivity index (χ0v) is 8.94. The van der Waals surface area contributed by atoms with Gasteiger partial charge < -0.3 is 5.32 Å². The van der Waals surface area contributed by atoms with Crippen LogP contribution in [-0.2, 0) is 0 Å². The fraction of sp³-hybridized carbons (Fsp3) is 0.300. The van der Waals surface area contributed by atoms with Gasteiger partial charge in [-0.2, -0.15) is 0 Å². The van der Waals surface area contributed by atoms with Gasteiger partial charge in [-0.15, -0.1) is 0 Å². The number of alkyl halides is 2. The van der Waals surface area contributed by atoms with Gasteiger partial charge in [0, 0.05) is 0 Å². The number of anilines is 1. The molecule has 0 saturated carbocycles. The maximum Gasteiger partial charge on any atom is 0.255 e. The normalized spacial score (nSPS) is 11.2. The lowest BCUT2D eigenvalue weighted by Crippen LogP contribution is -2.09. The van der Waals surface area contributed by atoms with Gasteiger partial charge in [0.2, 0.25) is 0 Å². The van der Waals surface area contributed by atoms with Gasteiger partial charge in [0.15, 0.2) is 5.13 Å². The van der Waals surface area contributed by atoms with Crippen molar-refractivity contribution in [2.24, 2.45) is 0 Å². The summed E-state index contributed by atoms with van der Waals surface area (Å²) in [6.45, 7) is 1.61. The maximum atomic E-state index is 12.0. The van der Waals surface area contributed by atoms with Gasteiger partial charge in [-0.05, 0) is 18.6 Å². The second-order valence-electron chi connectivity index (χ2n) is 3.21. The van der Waals surface area contributed by atoms with E-state index in [1.165, 1.54) is 11.3 Å². The van der Waals surface area contributed by atoms with Crippen LogP contribution >= 0.6 is 11.3 Å². The summed E-state index contributed by atoms with van der Waals surface area (Å²) in [5.74, 6) is 0. The average molecular weight is 228 g/mol. The van der Waals surface area contributed by atoms with Crippen molar-refractivity contribution in [2.75, 3.05) is 11.9 Å². The van der Waals surface area contributed by atoms with Crippen molar-refractivity contribution in [1.82, 2.24) is 4.98 Å². The molecule has 0 saturated heterocycles. The van der Waals surface area contributed by atoms with Gasteiger partial charge >= 0.3 is 0 Å². The molecule has 0 aliphatic heterocycles. The van der Waals surface area contributed by atoms with E-state index in [4.69, 9.17) is 0 Å². The van der Waals surface area contributed by atoms with Crippen LogP contribution in [0.5, 0.6) is 0 Å². The number of nitrogens with one attached hydrogen (secondary N) is 1. The van der Waals surface area contributed by atoms with E-state index in [1.807, 2.05) is 25.1 Å². The predicted octanol–water partition coefficient (Wildman–Crippen LogP) is 3.28. The van der Waals surface area contributed by atoms with E-state index in [-0.39, 0.29) is 6.54 Å². The van der Waals surface area contributed by atoms with Gasteiger partial charge in [0.1, 0.15) is 0 Å². The molecule has 1 aromatic heterocycles. The highest BCUT2D eigenvalue weighted by Gasteiger charge is 2.07. The fourth-order valence-corrected chi connectivity index (χ4v) is 2.28. The van der Waals surface area contributed by atoms with E-state index in [9.17, 15) is 8.78 Å². The van der Waals surface area contributed by atoms with Crippen molar-refractivity contribution in [3.8, 4) is 0 Å². The van der Waals surface area contributed by atoms with Crippen LogP contribution in [0.1, 0.15) is 5.56 Å². The molecule has 0 unspecified atom stereocenters. The Morgan fingerprint density at radius 3 is 2.93 bits per heavy atom. The molecule has 0 bridgehead atoms. The minimum absolute atomic E-state index is 0.348. The van der Waals surface area contributed by atoms with Crippen LogP contribution in [0.2, 0.25) is 0 Å². The molecule has 0 spiro atoms. The maximum absolute atomic E-state index is 12.0. The Balaban J connectivity index is 2.27. The highest BCUT2D eigenvalue weighted by Crippen LogP contribution is 2.27. The minimum Gasteiger partial charge on any atom is -0.356 e. The molecule has 1 N–H and O–H groups in total. The van der Waals surface area contributed by atoms with Gasteiger partial charge in [-0.3, -0.25) is 0 Å². The number of aromatic nitrogens is 1. The van der Waals surface area contributed by atoms with Crippen LogP contribution in [0.15, 0.2) is 18.2 Å². The topological polar surface area (TPSA) is 24.9 Å². The Morgan fingerprint density at radius 1 is 1.47 bits per heavy atom. The Labute approximate surface area is 89.9 Å². The molecule has 0 radical (unpaired) electrons. The molecule has 0 aliphatic rings. The molecule has 1 heterocycles. The third-order valence-corrected chi connectivity index (χ3v) is 3.01. The largest absolute Gasteiger partial charge is 0.356 e. The van der Waals surface area contributed by atoms with Crippen LogP contribution in [0.25, 0.3) is 10.2 Å². The van der Waals surface area contributed by atoms with Crippen LogP contribution in [0, 0.1) is 6.92 Å². The van der Waals surface area contributed by atoms with Gasteiger partial charge in [-0.25, -0.2) is 13.8 Å². The molecular weight excluding hydrogens is 218 g/mol. The number of hydrogen-bond donors (Lipinski definition) is 1. The quantitative estimate of drug-likeness (QED) is 0.872. The second-order valence-corrected chi connectivity index (χ2v) is 4.24. The SMILES string of the molecule is Cc1cccc2sc(NCC(F)F)nc12. The third kappa shape index (κ3) is 2.23. The Hall–Kier alpha value is -1.23. The number of aryl methyl sites for hydroxylation is 1. The predicted molar refractivity (Wildman–Crippen MR) is 58.9 cm³/mol. The zero-order valence-electron chi connectivity index (χ0n) is 8.13. The average Bonchev–Trinajstić information content (AvgIpc) is 2.59. The summed E-state index contributed by atoms with van der Waals surface area (Å²) in [5.41, 5.74) is 1.95.